The van der Waals surface area contributed by atoms with Crippen LogP contribution in [0.3, 0.4) is 0 Å². The van der Waals surface area contributed by atoms with Gasteiger partial charge in [-0.1, -0.05) is 19.9 Å². The second kappa shape index (κ2) is 12.2. The van der Waals surface area contributed by atoms with Crippen LogP contribution in [0.5, 0.6) is 0 Å². The molecular formula is C19H27Cl2N3OS. The third-order valence-electron chi connectivity index (χ3n) is 4.47. The van der Waals surface area contributed by atoms with Gasteiger partial charge in [-0.15, -0.1) is 36.6 Å². The van der Waals surface area contributed by atoms with E-state index >= 15 is 0 Å². The summed E-state index contributed by atoms with van der Waals surface area (Å²) in [4.78, 5) is 17.8. The molecule has 0 radical (unpaired) electrons. The molecule has 1 amide bonds. The van der Waals surface area contributed by atoms with Gasteiger partial charge in [-0.3, -0.25) is 9.78 Å². The second-order valence-corrected chi connectivity index (χ2v) is 6.87. The number of aromatic nitrogens is 1. The SMILES string of the molecule is CCC(CC)(CN)C(=O)Nc1ccc(SCc2cccnc2)cc1.Cl.Cl. The van der Waals surface area contributed by atoms with Gasteiger partial charge in [0.05, 0.1) is 5.41 Å². The van der Waals surface area contributed by atoms with E-state index < -0.39 is 5.41 Å². The van der Waals surface area contributed by atoms with Crippen LogP contribution in [0.4, 0.5) is 5.69 Å². The number of nitrogens with zero attached hydrogens (tertiary/aromatic N) is 1. The van der Waals surface area contributed by atoms with Crippen LogP contribution in [0.25, 0.3) is 0 Å². The lowest BCUT2D eigenvalue weighted by molar-refractivity contribution is -0.125. The number of hydrogen-bond acceptors (Lipinski definition) is 4. The zero-order valence-electron chi connectivity index (χ0n) is 15.1. The zero-order chi connectivity index (χ0) is 17.4. The quantitative estimate of drug-likeness (QED) is 0.600. The van der Waals surface area contributed by atoms with E-state index in [9.17, 15) is 4.79 Å². The van der Waals surface area contributed by atoms with Gasteiger partial charge < -0.3 is 11.1 Å². The molecule has 0 unspecified atom stereocenters. The van der Waals surface area contributed by atoms with Crippen LogP contribution >= 0.6 is 36.6 Å². The first-order valence-corrected chi connectivity index (χ1v) is 9.25. The Kier molecular flexibility index (Phi) is 11.6. The summed E-state index contributed by atoms with van der Waals surface area (Å²) in [5.74, 6) is 0.882. The molecule has 2 rings (SSSR count). The highest BCUT2D eigenvalue weighted by Crippen LogP contribution is 2.28. The first kappa shape index (κ1) is 24.7. The molecule has 0 bridgehead atoms. The van der Waals surface area contributed by atoms with Gasteiger partial charge in [0, 0.05) is 35.3 Å². The van der Waals surface area contributed by atoms with Crippen molar-refractivity contribution in [1.29, 1.82) is 0 Å². The highest BCUT2D eigenvalue weighted by Gasteiger charge is 2.33. The molecule has 7 heteroatoms. The molecule has 1 aromatic heterocycles. The summed E-state index contributed by atoms with van der Waals surface area (Å²) in [5, 5.41) is 3.00. The molecule has 0 saturated carbocycles. The third-order valence-corrected chi connectivity index (χ3v) is 5.55. The van der Waals surface area contributed by atoms with Crippen LogP contribution in [0.2, 0.25) is 0 Å². The normalized spacial score (nSPS) is 10.4. The maximum Gasteiger partial charge on any atom is 0.231 e. The summed E-state index contributed by atoms with van der Waals surface area (Å²) in [7, 11) is 0. The van der Waals surface area contributed by atoms with Gasteiger partial charge in [0.1, 0.15) is 0 Å². The first-order chi connectivity index (χ1) is 11.6. The third kappa shape index (κ3) is 6.47. The van der Waals surface area contributed by atoms with Crippen molar-refractivity contribution in [3.63, 3.8) is 0 Å². The summed E-state index contributed by atoms with van der Waals surface area (Å²) < 4.78 is 0. The summed E-state index contributed by atoms with van der Waals surface area (Å²) in [5.41, 5.74) is 7.36. The van der Waals surface area contributed by atoms with Crippen molar-refractivity contribution in [2.24, 2.45) is 11.1 Å². The Hall–Kier alpha value is -1.27. The number of carbonyl (C=O) groups is 1. The standard InChI is InChI=1S/C19H25N3OS.2ClH/c1-3-19(4-2,14-20)18(23)22-16-7-9-17(10-8-16)24-13-15-6-5-11-21-12-15;;/h5-12H,3-4,13-14,20H2,1-2H3,(H,22,23);2*1H. The molecule has 26 heavy (non-hydrogen) atoms. The first-order valence-electron chi connectivity index (χ1n) is 8.27. The van der Waals surface area contributed by atoms with E-state index in [0.29, 0.717) is 6.54 Å². The lowest BCUT2D eigenvalue weighted by atomic mass is 9.81. The van der Waals surface area contributed by atoms with E-state index in [2.05, 4.69) is 16.4 Å². The number of anilines is 1. The highest BCUT2D eigenvalue weighted by molar-refractivity contribution is 7.98. The van der Waals surface area contributed by atoms with Crippen molar-refractivity contribution in [1.82, 2.24) is 4.98 Å². The minimum atomic E-state index is -0.478. The number of halogens is 2. The largest absolute Gasteiger partial charge is 0.329 e. The zero-order valence-corrected chi connectivity index (χ0v) is 17.6. The fraction of sp³-hybridized carbons (Fsp3) is 0.368. The second-order valence-electron chi connectivity index (χ2n) is 5.82. The van der Waals surface area contributed by atoms with Gasteiger partial charge in [-0.2, -0.15) is 0 Å². The molecule has 0 spiro atoms. The number of pyridine rings is 1. The van der Waals surface area contributed by atoms with Crippen molar-refractivity contribution < 1.29 is 4.79 Å². The summed E-state index contributed by atoms with van der Waals surface area (Å²) >= 11 is 1.75. The molecular weight excluding hydrogens is 389 g/mol. The van der Waals surface area contributed by atoms with E-state index in [-0.39, 0.29) is 30.7 Å². The van der Waals surface area contributed by atoms with Crippen LogP contribution in [0.15, 0.2) is 53.7 Å². The lowest BCUT2D eigenvalue weighted by Gasteiger charge is -2.28. The Morgan fingerprint density at radius 3 is 2.31 bits per heavy atom. The van der Waals surface area contributed by atoms with Gasteiger partial charge in [-0.25, -0.2) is 0 Å². The van der Waals surface area contributed by atoms with Gasteiger partial charge in [0.15, 0.2) is 0 Å². The number of thioether (sulfide) groups is 1. The summed E-state index contributed by atoms with van der Waals surface area (Å²) in [6.07, 6.45) is 5.14. The monoisotopic (exact) mass is 415 g/mol. The minimum absolute atomic E-state index is 0. The van der Waals surface area contributed by atoms with Crippen molar-refractivity contribution in [2.45, 2.75) is 37.3 Å². The van der Waals surface area contributed by atoms with E-state index in [0.717, 1.165) is 29.2 Å². The van der Waals surface area contributed by atoms with Gasteiger partial charge in [0.2, 0.25) is 5.91 Å². The number of nitrogens with one attached hydrogen (secondary N) is 1. The average Bonchev–Trinajstić information content (AvgIpc) is 2.64. The Morgan fingerprint density at radius 1 is 1.15 bits per heavy atom. The fourth-order valence-corrected chi connectivity index (χ4v) is 3.33. The lowest BCUT2D eigenvalue weighted by Crippen LogP contribution is -2.41. The average molecular weight is 416 g/mol. The Labute approximate surface area is 172 Å². The molecule has 0 aliphatic heterocycles. The Morgan fingerprint density at radius 2 is 1.81 bits per heavy atom. The predicted octanol–water partition coefficient (Wildman–Crippen LogP) is 4.92. The predicted molar refractivity (Wildman–Crippen MR) is 115 cm³/mol. The molecule has 0 aliphatic carbocycles. The Bertz CT molecular complexity index is 641. The maximum atomic E-state index is 12.5. The van der Waals surface area contributed by atoms with Crippen molar-refractivity contribution in [3.8, 4) is 0 Å². The topological polar surface area (TPSA) is 68.0 Å². The van der Waals surface area contributed by atoms with Crippen molar-refractivity contribution in [2.75, 3.05) is 11.9 Å². The molecule has 2 aromatic rings. The van der Waals surface area contributed by atoms with Crippen molar-refractivity contribution >= 4 is 48.2 Å². The van der Waals surface area contributed by atoms with Crippen LogP contribution in [0.1, 0.15) is 32.3 Å². The van der Waals surface area contributed by atoms with E-state index in [1.54, 1.807) is 18.0 Å². The molecule has 0 saturated heterocycles. The van der Waals surface area contributed by atoms with Gasteiger partial charge in [-0.05, 0) is 48.7 Å². The van der Waals surface area contributed by atoms with E-state index in [1.165, 1.54) is 5.56 Å². The molecule has 1 aromatic carbocycles. The van der Waals surface area contributed by atoms with Crippen LogP contribution in [-0.4, -0.2) is 17.4 Å². The molecule has 0 atom stereocenters. The minimum Gasteiger partial charge on any atom is -0.329 e. The number of amides is 1. The molecule has 4 nitrogen and oxygen atoms in total. The van der Waals surface area contributed by atoms with Gasteiger partial charge in [0.25, 0.3) is 0 Å². The fourth-order valence-electron chi connectivity index (χ4n) is 2.50. The molecule has 0 fully saturated rings. The van der Waals surface area contributed by atoms with Crippen molar-refractivity contribution in [3.05, 3.63) is 54.4 Å². The number of carbonyl (C=O) groups excluding carboxylic acids is 1. The number of rotatable bonds is 8. The summed E-state index contributed by atoms with van der Waals surface area (Å²) in [6, 6.07) is 11.9. The van der Waals surface area contributed by atoms with Crippen LogP contribution in [0, 0.1) is 5.41 Å². The molecule has 0 aliphatic rings. The number of benzene rings is 1. The number of hydrogen-bond donors (Lipinski definition) is 2. The van der Waals surface area contributed by atoms with Gasteiger partial charge >= 0.3 is 0 Å². The molecule has 3 N–H and O–H groups in total. The molecule has 144 valence electrons. The highest BCUT2D eigenvalue weighted by atomic mass is 35.5. The molecule has 1 heterocycles. The summed E-state index contributed by atoms with van der Waals surface area (Å²) in [6.45, 7) is 4.38. The number of nitrogens with two attached hydrogens (primary N) is 1. The Balaban J connectivity index is 0.00000312. The smallest absolute Gasteiger partial charge is 0.231 e. The van der Waals surface area contributed by atoms with E-state index in [4.69, 9.17) is 5.73 Å². The maximum absolute atomic E-state index is 12.5. The van der Waals surface area contributed by atoms with Crippen LogP contribution < -0.4 is 11.1 Å². The van der Waals surface area contributed by atoms with E-state index in [1.807, 2.05) is 50.4 Å². The van der Waals surface area contributed by atoms with Crippen LogP contribution in [-0.2, 0) is 10.5 Å².